The molecule has 0 fully saturated rings. The predicted molar refractivity (Wildman–Crippen MR) is 82.5 cm³/mol. The van der Waals surface area contributed by atoms with E-state index in [2.05, 4.69) is 19.2 Å². The molecule has 8 heteroatoms. The van der Waals surface area contributed by atoms with Crippen molar-refractivity contribution >= 4 is 37.2 Å². The van der Waals surface area contributed by atoms with Crippen LogP contribution in [0.1, 0.15) is 20.3 Å². The third-order valence-electron chi connectivity index (χ3n) is 2.59. The van der Waals surface area contributed by atoms with Crippen molar-refractivity contribution in [1.82, 2.24) is 5.32 Å². The highest BCUT2D eigenvalue weighted by Crippen LogP contribution is 2.28. The summed E-state index contributed by atoms with van der Waals surface area (Å²) in [6, 6.07) is 3.80. The van der Waals surface area contributed by atoms with E-state index in [4.69, 9.17) is 27.0 Å². The zero-order valence-electron chi connectivity index (χ0n) is 11.7. The number of rotatable bonds is 7. The van der Waals surface area contributed by atoms with E-state index in [-0.39, 0.29) is 28.2 Å². The molecule has 5 nitrogen and oxygen atoms in total. The van der Waals surface area contributed by atoms with Gasteiger partial charge in [0.2, 0.25) is 0 Å². The van der Waals surface area contributed by atoms with E-state index < -0.39 is 9.05 Å². The maximum atomic E-state index is 11.5. The number of hydrogen-bond acceptors (Lipinski definition) is 4. The van der Waals surface area contributed by atoms with E-state index in [1.807, 2.05) is 0 Å². The van der Waals surface area contributed by atoms with E-state index in [9.17, 15) is 13.2 Å². The lowest BCUT2D eigenvalue weighted by atomic mass is 10.1. The van der Waals surface area contributed by atoms with Crippen LogP contribution < -0.4 is 10.1 Å². The predicted octanol–water partition coefficient (Wildman–Crippen LogP) is 2.81. The lowest BCUT2D eigenvalue weighted by Crippen LogP contribution is -2.30. The molecule has 1 aromatic rings. The highest BCUT2D eigenvalue weighted by atomic mass is 35.7. The molecule has 0 aliphatic carbocycles. The van der Waals surface area contributed by atoms with Crippen molar-refractivity contribution in [1.29, 1.82) is 0 Å². The number of carbonyl (C=O) groups is 1. The van der Waals surface area contributed by atoms with Crippen molar-refractivity contribution in [2.45, 2.75) is 25.2 Å². The normalized spacial score (nSPS) is 11.5. The second-order valence-electron chi connectivity index (χ2n) is 4.85. The van der Waals surface area contributed by atoms with Gasteiger partial charge in [-0.25, -0.2) is 8.42 Å². The first kappa shape index (κ1) is 18.1. The number of nitrogens with one attached hydrogen (secondary N) is 1. The molecule has 0 atom stereocenters. The van der Waals surface area contributed by atoms with Gasteiger partial charge in [-0.2, -0.15) is 0 Å². The third-order valence-corrected chi connectivity index (χ3v) is 4.23. The van der Waals surface area contributed by atoms with Crippen LogP contribution in [0.4, 0.5) is 0 Å². The lowest BCUT2D eigenvalue weighted by Gasteiger charge is -2.10. The Labute approximate surface area is 134 Å². The first-order valence-electron chi connectivity index (χ1n) is 6.34. The number of amides is 1. The minimum absolute atomic E-state index is 0.0757. The molecular weight excluding hydrogens is 337 g/mol. The first-order chi connectivity index (χ1) is 9.70. The fourth-order valence-corrected chi connectivity index (χ4v) is 2.52. The largest absolute Gasteiger partial charge is 0.482 e. The average Bonchev–Trinajstić information content (AvgIpc) is 2.35. The van der Waals surface area contributed by atoms with Crippen molar-refractivity contribution in [2.75, 3.05) is 13.2 Å². The molecular formula is C13H17Cl2NO4S. The Hall–Kier alpha value is -0.980. The molecule has 21 heavy (non-hydrogen) atoms. The minimum Gasteiger partial charge on any atom is -0.482 e. The molecule has 1 rings (SSSR count). The van der Waals surface area contributed by atoms with Gasteiger partial charge in [0, 0.05) is 17.2 Å². The summed E-state index contributed by atoms with van der Waals surface area (Å²) in [5.74, 6) is 0.464. The van der Waals surface area contributed by atoms with Crippen molar-refractivity contribution in [3.63, 3.8) is 0 Å². The summed E-state index contributed by atoms with van der Waals surface area (Å²) in [7, 11) is 1.36. The van der Waals surface area contributed by atoms with Crippen LogP contribution in [0, 0.1) is 5.92 Å². The second-order valence-corrected chi connectivity index (χ2v) is 7.82. The van der Waals surface area contributed by atoms with E-state index in [0.717, 1.165) is 6.42 Å². The summed E-state index contributed by atoms with van der Waals surface area (Å²) in [6.45, 7) is 4.52. The number of halogens is 2. The summed E-state index contributed by atoms with van der Waals surface area (Å²) in [4.78, 5) is 11.4. The number of benzene rings is 1. The molecule has 0 radical (unpaired) electrons. The molecule has 0 saturated carbocycles. The maximum absolute atomic E-state index is 11.5. The van der Waals surface area contributed by atoms with Crippen LogP contribution in [0.2, 0.25) is 5.02 Å². The lowest BCUT2D eigenvalue weighted by molar-refractivity contribution is -0.123. The fourth-order valence-electron chi connectivity index (χ4n) is 1.44. The van der Waals surface area contributed by atoms with Crippen LogP contribution in [0.5, 0.6) is 5.75 Å². The average molecular weight is 354 g/mol. The topological polar surface area (TPSA) is 72.5 Å². The van der Waals surface area contributed by atoms with Gasteiger partial charge in [-0.3, -0.25) is 4.79 Å². The Balaban J connectivity index is 2.54. The van der Waals surface area contributed by atoms with E-state index >= 15 is 0 Å². The monoisotopic (exact) mass is 353 g/mol. The standard InChI is InChI=1S/C13H17Cl2NO4S/c1-9(2)5-6-16-13(17)8-20-12-4-3-10(7-11(12)14)21(15,18)19/h3-4,7,9H,5-6,8H2,1-2H3,(H,16,17). The molecule has 0 heterocycles. The summed E-state index contributed by atoms with van der Waals surface area (Å²) >= 11 is 5.89. The summed E-state index contributed by atoms with van der Waals surface area (Å²) in [5.41, 5.74) is 0. The molecule has 1 amide bonds. The van der Waals surface area contributed by atoms with Gasteiger partial charge in [0.15, 0.2) is 6.61 Å². The number of hydrogen-bond donors (Lipinski definition) is 1. The smallest absolute Gasteiger partial charge is 0.261 e. The van der Waals surface area contributed by atoms with Crippen LogP contribution in [-0.4, -0.2) is 27.5 Å². The molecule has 0 aliphatic heterocycles. The number of carbonyl (C=O) groups excluding carboxylic acids is 1. The molecule has 1 aromatic carbocycles. The zero-order chi connectivity index (χ0) is 16.0. The van der Waals surface area contributed by atoms with Gasteiger partial charge in [0.25, 0.3) is 15.0 Å². The summed E-state index contributed by atoms with van der Waals surface area (Å²) in [6.07, 6.45) is 0.884. The highest BCUT2D eigenvalue weighted by Gasteiger charge is 2.13. The Bertz CT molecular complexity index is 602. The van der Waals surface area contributed by atoms with Crippen LogP contribution in [0.3, 0.4) is 0 Å². The van der Waals surface area contributed by atoms with Crippen molar-refractivity contribution in [3.8, 4) is 5.75 Å². The minimum atomic E-state index is -3.84. The highest BCUT2D eigenvalue weighted by molar-refractivity contribution is 8.13. The van der Waals surface area contributed by atoms with Gasteiger partial charge >= 0.3 is 0 Å². The fraction of sp³-hybridized carbons (Fsp3) is 0.462. The van der Waals surface area contributed by atoms with Crippen LogP contribution in [0.25, 0.3) is 0 Å². The molecule has 0 bridgehead atoms. The quantitative estimate of drug-likeness (QED) is 0.765. The molecule has 0 saturated heterocycles. The van der Waals surface area contributed by atoms with Crippen LogP contribution in [0.15, 0.2) is 23.1 Å². The van der Waals surface area contributed by atoms with Crippen LogP contribution in [-0.2, 0) is 13.8 Å². The maximum Gasteiger partial charge on any atom is 0.261 e. The number of ether oxygens (including phenoxy) is 1. The first-order valence-corrected chi connectivity index (χ1v) is 9.02. The Morgan fingerprint density at radius 2 is 2.05 bits per heavy atom. The SMILES string of the molecule is CC(C)CCNC(=O)COc1ccc(S(=O)(=O)Cl)cc1Cl. The Kier molecular flexibility index (Phi) is 6.77. The van der Waals surface area contributed by atoms with Crippen molar-refractivity contribution in [3.05, 3.63) is 23.2 Å². The van der Waals surface area contributed by atoms with Gasteiger partial charge in [0.05, 0.1) is 9.92 Å². The molecule has 0 unspecified atom stereocenters. The van der Waals surface area contributed by atoms with Crippen molar-refractivity contribution in [2.24, 2.45) is 5.92 Å². The second kappa shape index (κ2) is 7.87. The van der Waals surface area contributed by atoms with Gasteiger partial charge in [-0.1, -0.05) is 25.4 Å². The van der Waals surface area contributed by atoms with E-state index in [1.165, 1.54) is 18.2 Å². The van der Waals surface area contributed by atoms with Crippen molar-refractivity contribution < 1.29 is 17.9 Å². The Morgan fingerprint density at radius 3 is 2.57 bits per heavy atom. The molecule has 0 aliphatic rings. The molecule has 118 valence electrons. The van der Waals surface area contributed by atoms with Gasteiger partial charge in [-0.15, -0.1) is 0 Å². The van der Waals surface area contributed by atoms with Crippen LogP contribution >= 0.6 is 22.3 Å². The van der Waals surface area contributed by atoms with Gasteiger partial charge in [0.1, 0.15) is 5.75 Å². The molecule has 0 spiro atoms. The zero-order valence-corrected chi connectivity index (χ0v) is 14.1. The Morgan fingerprint density at radius 1 is 1.38 bits per heavy atom. The molecule has 0 aromatic heterocycles. The summed E-state index contributed by atoms with van der Waals surface area (Å²) in [5, 5.41) is 2.79. The third kappa shape index (κ3) is 6.54. The summed E-state index contributed by atoms with van der Waals surface area (Å²) < 4.78 is 27.5. The molecule has 1 N–H and O–H groups in total. The van der Waals surface area contributed by atoms with E-state index in [0.29, 0.717) is 12.5 Å². The van der Waals surface area contributed by atoms with E-state index in [1.54, 1.807) is 0 Å². The van der Waals surface area contributed by atoms with Gasteiger partial charge < -0.3 is 10.1 Å². The van der Waals surface area contributed by atoms with Gasteiger partial charge in [-0.05, 0) is 30.5 Å².